The number of ether oxygens (including phenoxy) is 3. The average molecular weight is 409 g/mol. The van der Waals surface area contributed by atoms with Gasteiger partial charge in [-0.15, -0.1) is 0 Å². The third kappa shape index (κ3) is 6.69. The van der Waals surface area contributed by atoms with Crippen LogP contribution in [0.5, 0.6) is 0 Å². The highest BCUT2D eigenvalue weighted by molar-refractivity contribution is 6.64. The van der Waals surface area contributed by atoms with Gasteiger partial charge >= 0.3 is 0 Å². The number of carbonyl (C=O) groups excluding carboxylic acids is 3. The Balaban J connectivity index is 0.000000200. The number of hydrogen-bond acceptors (Lipinski definition) is 6. The van der Waals surface area contributed by atoms with Crippen molar-refractivity contribution in [1.29, 1.82) is 0 Å². The van der Waals surface area contributed by atoms with Gasteiger partial charge in [-0.25, -0.2) is 0 Å². The molecule has 6 nitrogen and oxygen atoms in total. The van der Waals surface area contributed by atoms with E-state index in [1.165, 1.54) is 19.3 Å². The Labute approximate surface area is 174 Å². The van der Waals surface area contributed by atoms with Crippen LogP contribution < -0.4 is 0 Å². The fourth-order valence-corrected chi connectivity index (χ4v) is 4.62. The first kappa shape index (κ1) is 22.6. The molecule has 0 aromatic carbocycles. The Morgan fingerprint density at radius 1 is 0.759 bits per heavy atom. The van der Waals surface area contributed by atoms with Crippen molar-refractivity contribution in [2.75, 3.05) is 13.2 Å². The Bertz CT molecular complexity index is 576. The lowest BCUT2D eigenvalue weighted by Gasteiger charge is -2.28. The lowest BCUT2D eigenvalue weighted by atomic mass is 9.75. The van der Waals surface area contributed by atoms with Gasteiger partial charge in [0.2, 0.25) is 11.6 Å². The number of fused-ring (bicyclic) bond motifs is 1. The molecule has 0 N–H and O–H groups in total. The van der Waals surface area contributed by atoms with Gasteiger partial charge in [0.1, 0.15) is 12.2 Å². The van der Waals surface area contributed by atoms with Gasteiger partial charge in [0.05, 0.1) is 13.2 Å². The molecule has 4 aliphatic rings. The van der Waals surface area contributed by atoms with E-state index in [4.69, 9.17) is 14.2 Å². The van der Waals surface area contributed by atoms with Crippen molar-refractivity contribution >= 4 is 17.3 Å². The molecule has 3 atom stereocenters. The van der Waals surface area contributed by atoms with E-state index < -0.39 is 17.4 Å². The molecular weight excluding hydrogens is 372 g/mol. The second-order valence-corrected chi connectivity index (χ2v) is 9.31. The monoisotopic (exact) mass is 408 g/mol. The van der Waals surface area contributed by atoms with E-state index in [1.807, 2.05) is 13.8 Å². The maximum Gasteiger partial charge on any atom is 0.264 e. The van der Waals surface area contributed by atoms with Gasteiger partial charge < -0.3 is 14.2 Å². The summed E-state index contributed by atoms with van der Waals surface area (Å²) in [7, 11) is 0. The summed E-state index contributed by atoms with van der Waals surface area (Å²) in [6.07, 6.45) is 11.6. The number of carbonyl (C=O) groups is 3. The maximum absolute atomic E-state index is 12.2. The second kappa shape index (κ2) is 10.3. The molecule has 0 aromatic heterocycles. The maximum atomic E-state index is 12.2. The van der Waals surface area contributed by atoms with E-state index in [-0.39, 0.29) is 18.1 Å². The van der Waals surface area contributed by atoms with Crippen LogP contribution in [0, 0.1) is 11.8 Å². The number of ketones is 3. The van der Waals surface area contributed by atoms with Gasteiger partial charge in [-0.05, 0) is 45.4 Å². The zero-order valence-electron chi connectivity index (χ0n) is 18.0. The fraction of sp³-hybridized carbons (Fsp3) is 0.870. The van der Waals surface area contributed by atoms with Gasteiger partial charge in [0.25, 0.3) is 5.78 Å². The van der Waals surface area contributed by atoms with Crippen molar-refractivity contribution < 1.29 is 28.6 Å². The topological polar surface area (TPSA) is 82.2 Å². The summed E-state index contributed by atoms with van der Waals surface area (Å²) >= 11 is 0. The van der Waals surface area contributed by atoms with Gasteiger partial charge in [-0.2, -0.15) is 0 Å². The summed E-state index contributed by atoms with van der Waals surface area (Å²) in [4.78, 5) is 35.6. The van der Waals surface area contributed by atoms with E-state index >= 15 is 0 Å². The molecule has 0 spiro atoms. The number of Topliss-reactive ketones (excluding diaryl/α,β-unsaturated/α-hetero) is 3. The molecule has 2 heterocycles. The van der Waals surface area contributed by atoms with E-state index in [0.29, 0.717) is 31.3 Å². The summed E-state index contributed by atoms with van der Waals surface area (Å²) in [6.45, 7) is 5.21. The van der Waals surface area contributed by atoms with Crippen molar-refractivity contribution in [1.82, 2.24) is 0 Å². The van der Waals surface area contributed by atoms with Crippen LogP contribution in [0.4, 0.5) is 0 Å². The summed E-state index contributed by atoms with van der Waals surface area (Å²) in [5, 5.41) is 0. The highest BCUT2D eigenvalue weighted by Crippen LogP contribution is 2.33. The highest BCUT2D eigenvalue weighted by Gasteiger charge is 2.44. The molecule has 2 saturated heterocycles. The Hall–Kier alpha value is -1.11. The first-order valence-corrected chi connectivity index (χ1v) is 11.4. The quantitative estimate of drug-likeness (QED) is 0.485. The second-order valence-electron chi connectivity index (χ2n) is 9.31. The lowest BCUT2D eigenvalue weighted by molar-refractivity contribution is -0.212. The van der Waals surface area contributed by atoms with E-state index in [0.717, 1.165) is 44.9 Å². The number of epoxide rings is 1. The summed E-state index contributed by atoms with van der Waals surface area (Å²) in [6, 6.07) is 0. The fourth-order valence-electron chi connectivity index (χ4n) is 4.62. The molecule has 0 aromatic rings. The SMILES string of the molecule is CC1(C)OCC2OC2CO1.O=C1CCCCC(C2CCCCCCC2)C(=O)C1=O. The Morgan fingerprint density at radius 2 is 1.31 bits per heavy atom. The predicted molar refractivity (Wildman–Crippen MR) is 107 cm³/mol. The first-order valence-electron chi connectivity index (χ1n) is 11.4. The predicted octanol–water partition coefficient (Wildman–Crippen LogP) is 3.78. The van der Waals surface area contributed by atoms with Crippen LogP contribution in [0.3, 0.4) is 0 Å². The van der Waals surface area contributed by atoms with Crippen molar-refractivity contribution in [2.24, 2.45) is 11.8 Å². The molecular formula is C23H36O6. The molecule has 3 unspecified atom stereocenters. The zero-order chi connectivity index (χ0) is 20.9. The van der Waals surface area contributed by atoms with Gasteiger partial charge in [0, 0.05) is 12.3 Å². The Morgan fingerprint density at radius 3 is 1.93 bits per heavy atom. The smallest absolute Gasteiger partial charge is 0.264 e. The van der Waals surface area contributed by atoms with Gasteiger partial charge in [-0.3, -0.25) is 14.4 Å². The normalized spacial score (nSPS) is 33.7. The van der Waals surface area contributed by atoms with Crippen molar-refractivity contribution in [3.63, 3.8) is 0 Å². The highest BCUT2D eigenvalue weighted by atomic mass is 16.7. The Kier molecular flexibility index (Phi) is 7.99. The number of hydrogen-bond donors (Lipinski definition) is 0. The summed E-state index contributed by atoms with van der Waals surface area (Å²) < 4.78 is 16.0. The van der Waals surface area contributed by atoms with Crippen LogP contribution in [0.2, 0.25) is 0 Å². The minimum Gasteiger partial charge on any atom is -0.365 e. The lowest BCUT2D eigenvalue weighted by Crippen LogP contribution is -2.36. The van der Waals surface area contributed by atoms with Crippen LogP contribution in [-0.4, -0.2) is 48.6 Å². The van der Waals surface area contributed by atoms with Crippen LogP contribution in [-0.2, 0) is 28.6 Å². The minimum absolute atomic E-state index is 0.171. The molecule has 2 saturated carbocycles. The van der Waals surface area contributed by atoms with Crippen molar-refractivity contribution in [3.8, 4) is 0 Å². The van der Waals surface area contributed by atoms with Gasteiger partial charge in [0.15, 0.2) is 5.79 Å². The molecule has 4 fully saturated rings. The van der Waals surface area contributed by atoms with Crippen molar-refractivity contribution in [2.45, 2.75) is 102 Å². The molecule has 0 amide bonds. The summed E-state index contributed by atoms with van der Waals surface area (Å²) in [5.41, 5.74) is 0. The third-order valence-corrected chi connectivity index (χ3v) is 6.58. The molecule has 0 radical (unpaired) electrons. The van der Waals surface area contributed by atoms with E-state index in [1.54, 1.807) is 0 Å². The minimum atomic E-state index is -0.716. The number of rotatable bonds is 1. The average Bonchev–Trinajstić information content (AvgIpc) is 3.44. The molecule has 4 rings (SSSR count). The standard InChI is InChI=1S/C16H24O3.C7H12O3/c17-14-11-7-6-10-13(15(18)16(14)19)12-8-4-2-1-3-5-9-12;1-7(2)8-3-5-6(10-5)4-9-7/h12-13H,1-11H2;5-6H,3-4H2,1-2H3. The van der Waals surface area contributed by atoms with Crippen LogP contribution in [0.25, 0.3) is 0 Å². The largest absolute Gasteiger partial charge is 0.365 e. The van der Waals surface area contributed by atoms with E-state index in [2.05, 4.69) is 0 Å². The molecule has 2 aliphatic carbocycles. The first-order chi connectivity index (χ1) is 13.9. The van der Waals surface area contributed by atoms with E-state index in [9.17, 15) is 14.4 Å². The molecule has 0 bridgehead atoms. The zero-order valence-corrected chi connectivity index (χ0v) is 18.0. The third-order valence-electron chi connectivity index (χ3n) is 6.58. The van der Waals surface area contributed by atoms with Crippen LogP contribution >= 0.6 is 0 Å². The van der Waals surface area contributed by atoms with Crippen LogP contribution in [0.15, 0.2) is 0 Å². The van der Waals surface area contributed by atoms with Crippen LogP contribution in [0.1, 0.15) is 84.5 Å². The molecule has 164 valence electrons. The molecule has 6 heteroatoms. The molecule has 2 aliphatic heterocycles. The molecule has 29 heavy (non-hydrogen) atoms. The summed E-state index contributed by atoms with van der Waals surface area (Å²) in [5.74, 6) is -1.79. The van der Waals surface area contributed by atoms with Crippen molar-refractivity contribution in [3.05, 3.63) is 0 Å². The van der Waals surface area contributed by atoms with Gasteiger partial charge in [-0.1, -0.05) is 38.5 Å².